The second-order valence-electron chi connectivity index (χ2n) is 5.72. The topological polar surface area (TPSA) is 43.1 Å². The third-order valence-corrected chi connectivity index (χ3v) is 3.36. The Morgan fingerprint density at radius 3 is 2.19 bits per heavy atom. The van der Waals surface area contributed by atoms with Crippen LogP contribution in [0.1, 0.15) is 44.2 Å². The van der Waals surface area contributed by atoms with Gasteiger partial charge in [0.05, 0.1) is 0 Å². The maximum atomic E-state index is 11.0. The molecule has 0 bridgehead atoms. The molecule has 0 aliphatic heterocycles. The SMILES string of the molecule is CC(C)(C)c1ccc([C@@H]2C[C@H]2C(N)=O)cc1. The van der Waals surface area contributed by atoms with Gasteiger partial charge in [0.15, 0.2) is 0 Å². The molecule has 1 saturated carbocycles. The minimum Gasteiger partial charge on any atom is -0.369 e. The lowest BCUT2D eigenvalue weighted by Gasteiger charge is -2.19. The van der Waals surface area contributed by atoms with Crippen LogP contribution in [0.3, 0.4) is 0 Å². The van der Waals surface area contributed by atoms with Crippen LogP contribution in [0.5, 0.6) is 0 Å². The molecule has 2 atom stereocenters. The smallest absolute Gasteiger partial charge is 0.221 e. The Bertz CT molecular complexity index is 400. The molecule has 0 heterocycles. The van der Waals surface area contributed by atoms with Crippen LogP contribution in [0.25, 0.3) is 0 Å². The molecule has 86 valence electrons. The molecular formula is C14H19NO. The second-order valence-corrected chi connectivity index (χ2v) is 5.72. The minimum absolute atomic E-state index is 0.0699. The van der Waals surface area contributed by atoms with Crippen LogP contribution in [0, 0.1) is 5.92 Å². The van der Waals surface area contributed by atoms with E-state index in [1.165, 1.54) is 11.1 Å². The molecule has 2 nitrogen and oxygen atoms in total. The number of benzene rings is 1. The molecule has 0 spiro atoms. The lowest BCUT2D eigenvalue weighted by molar-refractivity contribution is -0.119. The van der Waals surface area contributed by atoms with Gasteiger partial charge in [-0.1, -0.05) is 45.0 Å². The Labute approximate surface area is 96.8 Å². The molecular weight excluding hydrogens is 198 g/mol. The van der Waals surface area contributed by atoms with Crippen molar-refractivity contribution >= 4 is 5.91 Å². The van der Waals surface area contributed by atoms with Crippen molar-refractivity contribution in [2.75, 3.05) is 0 Å². The van der Waals surface area contributed by atoms with Crippen LogP contribution in [0.15, 0.2) is 24.3 Å². The van der Waals surface area contributed by atoms with Gasteiger partial charge in [-0.05, 0) is 28.9 Å². The maximum Gasteiger partial charge on any atom is 0.221 e. The number of nitrogens with two attached hydrogens (primary N) is 1. The number of carbonyl (C=O) groups excluding carboxylic acids is 1. The van der Waals surface area contributed by atoms with Gasteiger partial charge < -0.3 is 5.73 Å². The zero-order valence-electron chi connectivity index (χ0n) is 10.2. The van der Waals surface area contributed by atoms with Crippen LogP contribution in [0.2, 0.25) is 0 Å². The molecule has 0 saturated heterocycles. The fourth-order valence-corrected chi connectivity index (χ4v) is 2.11. The molecule has 1 fully saturated rings. The Balaban J connectivity index is 2.13. The van der Waals surface area contributed by atoms with Crippen molar-refractivity contribution in [3.05, 3.63) is 35.4 Å². The first kappa shape index (κ1) is 11.2. The van der Waals surface area contributed by atoms with Gasteiger partial charge in [0.25, 0.3) is 0 Å². The molecule has 1 aromatic rings. The van der Waals surface area contributed by atoms with Gasteiger partial charge in [0.1, 0.15) is 0 Å². The van der Waals surface area contributed by atoms with Crippen molar-refractivity contribution in [1.82, 2.24) is 0 Å². The standard InChI is InChI=1S/C14H19NO/c1-14(2,3)10-6-4-9(5-7-10)11-8-12(11)13(15)16/h4-7,11-12H,8H2,1-3H3,(H2,15,16)/t11-,12+/m0/s1. The first-order valence-corrected chi connectivity index (χ1v) is 5.79. The summed E-state index contributed by atoms with van der Waals surface area (Å²) in [5, 5.41) is 0. The van der Waals surface area contributed by atoms with E-state index in [-0.39, 0.29) is 17.2 Å². The van der Waals surface area contributed by atoms with Crippen molar-refractivity contribution < 1.29 is 4.79 Å². The molecule has 1 aliphatic carbocycles. The third kappa shape index (κ3) is 2.11. The first-order chi connectivity index (χ1) is 7.39. The summed E-state index contributed by atoms with van der Waals surface area (Å²) >= 11 is 0. The Morgan fingerprint density at radius 2 is 1.81 bits per heavy atom. The van der Waals surface area contributed by atoms with Gasteiger partial charge in [-0.2, -0.15) is 0 Å². The Morgan fingerprint density at radius 1 is 1.25 bits per heavy atom. The summed E-state index contributed by atoms with van der Waals surface area (Å²) in [6, 6.07) is 8.58. The number of hydrogen-bond acceptors (Lipinski definition) is 1. The molecule has 1 aliphatic rings. The van der Waals surface area contributed by atoms with Gasteiger partial charge in [-0.3, -0.25) is 4.79 Å². The highest BCUT2D eigenvalue weighted by molar-refractivity contribution is 5.81. The van der Waals surface area contributed by atoms with Gasteiger partial charge in [-0.25, -0.2) is 0 Å². The molecule has 2 N–H and O–H groups in total. The first-order valence-electron chi connectivity index (χ1n) is 5.79. The van der Waals surface area contributed by atoms with Crippen LogP contribution in [-0.2, 0) is 10.2 Å². The van der Waals surface area contributed by atoms with E-state index >= 15 is 0 Å². The zero-order valence-corrected chi connectivity index (χ0v) is 10.2. The van der Waals surface area contributed by atoms with E-state index in [0.29, 0.717) is 5.92 Å². The van der Waals surface area contributed by atoms with Crippen molar-refractivity contribution in [1.29, 1.82) is 0 Å². The average Bonchev–Trinajstić information content (AvgIpc) is 2.96. The Hall–Kier alpha value is -1.31. The van der Waals surface area contributed by atoms with Gasteiger partial charge in [-0.15, -0.1) is 0 Å². The van der Waals surface area contributed by atoms with Gasteiger partial charge in [0.2, 0.25) is 5.91 Å². The molecule has 16 heavy (non-hydrogen) atoms. The molecule has 1 amide bonds. The average molecular weight is 217 g/mol. The lowest BCUT2D eigenvalue weighted by Crippen LogP contribution is -2.14. The summed E-state index contributed by atoms with van der Waals surface area (Å²) in [4.78, 5) is 11.0. The molecule has 0 radical (unpaired) electrons. The summed E-state index contributed by atoms with van der Waals surface area (Å²) in [6.45, 7) is 6.60. The highest BCUT2D eigenvalue weighted by Crippen LogP contribution is 2.47. The highest BCUT2D eigenvalue weighted by atomic mass is 16.1. The van der Waals surface area contributed by atoms with Gasteiger partial charge in [0, 0.05) is 5.92 Å². The second kappa shape index (κ2) is 3.62. The van der Waals surface area contributed by atoms with Crippen molar-refractivity contribution in [2.45, 2.75) is 38.5 Å². The highest BCUT2D eigenvalue weighted by Gasteiger charge is 2.42. The lowest BCUT2D eigenvalue weighted by atomic mass is 9.86. The van der Waals surface area contributed by atoms with E-state index in [0.717, 1.165) is 6.42 Å². The van der Waals surface area contributed by atoms with E-state index in [4.69, 9.17) is 5.73 Å². The quantitative estimate of drug-likeness (QED) is 0.813. The summed E-state index contributed by atoms with van der Waals surface area (Å²) in [5.74, 6) is 0.275. The number of rotatable bonds is 2. The maximum absolute atomic E-state index is 11.0. The summed E-state index contributed by atoms with van der Waals surface area (Å²) in [5.41, 5.74) is 8.04. The van der Waals surface area contributed by atoms with Crippen molar-refractivity contribution in [3.63, 3.8) is 0 Å². The monoisotopic (exact) mass is 217 g/mol. The zero-order chi connectivity index (χ0) is 11.9. The van der Waals surface area contributed by atoms with E-state index in [2.05, 4.69) is 45.0 Å². The molecule has 0 aromatic heterocycles. The summed E-state index contributed by atoms with van der Waals surface area (Å²) in [6.07, 6.45) is 0.921. The normalized spacial score (nSPS) is 24.2. The number of primary amides is 1. The van der Waals surface area contributed by atoms with E-state index in [1.807, 2.05) is 0 Å². The third-order valence-electron chi connectivity index (χ3n) is 3.36. The van der Waals surface area contributed by atoms with E-state index < -0.39 is 0 Å². The van der Waals surface area contributed by atoms with E-state index in [1.54, 1.807) is 0 Å². The van der Waals surface area contributed by atoms with Crippen LogP contribution in [0.4, 0.5) is 0 Å². The number of hydrogen-bond donors (Lipinski definition) is 1. The van der Waals surface area contributed by atoms with Crippen LogP contribution >= 0.6 is 0 Å². The van der Waals surface area contributed by atoms with Crippen molar-refractivity contribution in [2.24, 2.45) is 11.7 Å². The number of amides is 1. The molecule has 2 heteroatoms. The van der Waals surface area contributed by atoms with Crippen LogP contribution < -0.4 is 5.73 Å². The van der Waals surface area contributed by atoms with Crippen molar-refractivity contribution in [3.8, 4) is 0 Å². The fraction of sp³-hybridized carbons (Fsp3) is 0.500. The predicted molar refractivity (Wildman–Crippen MR) is 65.2 cm³/mol. The number of carbonyl (C=O) groups is 1. The van der Waals surface area contributed by atoms with Gasteiger partial charge >= 0.3 is 0 Å². The molecule has 1 aromatic carbocycles. The molecule has 0 unspecified atom stereocenters. The summed E-state index contributed by atoms with van der Waals surface area (Å²) in [7, 11) is 0. The summed E-state index contributed by atoms with van der Waals surface area (Å²) < 4.78 is 0. The largest absolute Gasteiger partial charge is 0.369 e. The van der Waals surface area contributed by atoms with Crippen LogP contribution in [-0.4, -0.2) is 5.91 Å². The van der Waals surface area contributed by atoms with E-state index in [9.17, 15) is 4.79 Å². The predicted octanol–water partition coefficient (Wildman–Crippen LogP) is 2.57. The minimum atomic E-state index is -0.162. The molecule has 2 rings (SSSR count). The fourth-order valence-electron chi connectivity index (χ4n) is 2.11. The Kier molecular flexibility index (Phi) is 2.53.